The lowest BCUT2D eigenvalue weighted by Crippen LogP contribution is -2.34. The molecule has 0 N–H and O–H groups in total. The van der Waals surface area contributed by atoms with Gasteiger partial charge in [-0.25, -0.2) is 0 Å². The van der Waals surface area contributed by atoms with Gasteiger partial charge in [-0.05, 0) is 19.3 Å². The largest absolute Gasteiger partial charge is 0.465 e. The number of carbonyl (C=O) groups excluding carboxylic acids is 2. The van der Waals surface area contributed by atoms with Crippen LogP contribution in [0.5, 0.6) is 0 Å². The highest BCUT2D eigenvalue weighted by Gasteiger charge is 2.34. The predicted molar refractivity (Wildman–Crippen MR) is 84.4 cm³/mol. The van der Waals surface area contributed by atoms with Crippen LogP contribution in [-0.2, 0) is 19.1 Å². The molecule has 0 aromatic rings. The lowest BCUT2D eigenvalue weighted by molar-refractivity contribution is -0.155. The number of hydrogen-bond acceptors (Lipinski definition) is 4. The molecule has 4 nitrogen and oxygen atoms in total. The van der Waals surface area contributed by atoms with Crippen molar-refractivity contribution in [3.05, 3.63) is 0 Å². The van der Waals surface area contributed by atoms with Gasteiger partial charge in [0.1, 0.15) is 5.38 Å². The van der Waals surface area contributed by atoms with E-state index in [2.05, 4.69) is 0 Å². The Morgan fingerprint density at radius 2 is 1.33 bits per heavy atom. The summed E-state index contributed by atoms with van der Waals surface area (Å²) >= 11 is 6.14. The average Bonchev–Trinajstić information content (AvgIpc) is 2.47. The smallest absolute Gasteiger partial charge is 0.324 e. The number of hydrogen-bond donors (Lipinski definition) is 0. The minimum atomic E-state index is -0.956. The standard InChI is InChI=1S/C16H29ClO4/c1-4-7-10-13(15(18)20-11-8-5-2)14(17)16(19)21-12-9-6-3/h13-14H,4-12H2,1-3H3. The summed E-state index contributed by atoms with van der Waals surface area (Å²) < 4.78 is 10.3. The van der Waals surface area contributed by atoms with E-state index in [1.54, 1.807) is 0 Å². The second kappa shape index (κ2) is 12.9. The Labute approximate surface area is 133 Å². The molecule has 0 aliphatic heterocycles. The molecule has 2 atom stereocenters. The summed E-state index contributed by atoms with van der Waals surface area (Å²) in [4.78, 5) is 24.0. The normalized spacial score (nSPS) is 13.5. The van der Waals surface area contributed by atoms with Crippen molar-refractivity contribution in [1.29, 1.82) is 0 Å². The summed E-state index contributed by atoms with van der Waals surface area (Å²) in [5.41, 5.74) is 0. The van der Waals surface area contributed by atoms with Gasteiger partial charge in [0.2, 0.25) is 0 Å². The molecule has 2 unspecified atom stereocenters. The molecule has 0 fully saturated rings. The summed E-state index contributed by atoms with van der Waals surface area (Å²) in [6, 6.07) is 0. The van der Waals surface area contributed by atoms with Gasteiger partial charge in [0.25, 0.3) is 0 Å². The predicted octanol–water partition coefficient (Wildman–Crippen LogP) is 4.09. The van der Waals surface area contributed by atoms with Crippen LogP contribution in [0.4, 0.5) is 0 Å². The summed E-state index contributed by atoms with van der Waals surface area (Å²) in [5.74, 6) is -1.51. The molecular formula is C16H29ClO4. The Kier molecular flexibility index (Phi) is 12.5. The lowest BCUT2D eigenvalue weighted by atomic mass is 9.98. The molecule has 21 heavy (non-hydrogen) atoms. The minimum Gasteiger partial charge on any atom is -0.465 e. The van der Waals surface area contributed by atoms with Crippen LogP contribution in [0.1, 0.15) is 65.7 Å². The maximum Gasteiger partial charge on any atom is 0.324 e. The van der Waals surface area contributed by atoms with E-state index in [0.29, 0.717) is 19.6 Å². The zero-order valence-electron chi connectivity index (χ0n) is 13.5. The summed E-state index contributed by atoms with van der Waals surface area (Å²) in [6.07, 6.45) is 5.84. The van der Waals surface area contributed by atoms with Crippen molar-refractivity contribution in [3.63, 3.8) is 0 Å². The van der Waals surface area contributed by atoms with Gasteiger partial charge < -0.3 is 9.47 Å². The summed E-state index contributed by atoms with van der Waals surface area (Å²) in [6.45, 7) is 6.80. The number of rotatable bonds is 12. The second-order valence-electron chi connectivity index (χ2n) is 5.19. The fourth-order valence-corrected chi connectivity index (χ4v) is 2.08. The first-order valence-electron chi connectivity index (χ1n) is 8.05. The van der Waals surface area contributed by atoms with Gasteiger partial charge in [0.15, 0.2) is 0 Å². The first-order chi connectivity index (χ1) is 10.1. The van der Waals surface area contributed by atoms with Gasteiger partial charge in [0, 0.05) is 0 Å². The van der Waals surface area contributed by atoms with Gasteiger partial charge in [-0.1, -0.05) is 46.5 Å². The van der Waals surface area contributed by atoms with Crippen molar-refractivity contribution < 1.29 is 19.1 Å². The van der Waals surface area contributed by atoms with E-state index in [0.717, 1.165) is 38.5 Å². The Morgan fingerprint density at radius 3 is 1.81 bits per heavy atom. The first-order valence-corrected chi connectivity index (χ1v) is 8.49. The van der Waals surface area contributed by atoms with Crippen molar-refractivity contribution >= 4 is 23.5 Å². The molecule has 0 radical (unpaired) electrons. The summed E-state index contributed by atoms with van der Waals surface area (Å²) in [7, 11) is 0. The van der Waals surface area contributed by atoms with Gasteiger partial charge >= 0.3 is 11.9 Å². The molecule has 0 aliphatic rings. The number of carbonyl (C=O) groups is 2. The molecular weight excluding hydrogens is 292 g/mol. The van der Waals surface area contributed by atoms with Crippen LogP contribution in [0.15, 0.2) is 0 Å². The SMILES string of the molecule is CCCCOC(=O)C(Cl)C(CCCC)C(=O)OCCCC. The van der Waals surface area contributed by atoms with Crippen molar-refractivity contribution in [3.8, 4) is 0 Å². The molecule has 0 aromatic carbocycles. The van der Waals surface area contributed by atoms with Crippen LogP contribution < -0.4 is 0 Å². The van der Waals surface area contributed by atoms with E-state index < -0.39 is 17.3 Å². The van der Waals surface area contributed by atoms with Crippen LogP contribution in [0.2, 0.25) is 0 Å². The highest BCUT2D eigenvalue weighted by atomic mass is 35.5. The number of unbranched alkanes of at least 4 members (excludes halogenated alkanes) is 3. The van der Waals surface area contributed by atoms with E-state index in [4.69, 9.17) is 21.1 Å². The lowest BCUT2D eigenvalue weighted by Gasteiger charge is -2.19. The maximum absolute atomic E-state index is 12.1. The highest BCUT2D eigenvalue weighted by molar-refractivity contribution is 6.31. The molecule has 0 amide bonds. The van der Waals surface area contributed by atoms with E-state index in [1.807, 2.05) is 20.8 Å². The number of esters is 2. The van der Waals surface area contributed by atoms with Crippen LogP contribution >= 0.6 is 11.6 Å². The third kappa shape index (κ3) is 8.97. The van der Waals surface area contributed by atoms with Crippen LogP contribution in [0, 0.1) is 5.92 Å². The third-order valence-corrected chi connectivity index (χ3v) is 3.72. The van der Waals surface area contributed by atoms with Gasteiger partial charge in [0.05, 0.1) is 19.1 Å². The van der Waals surface area contributed by atoms with Crippen LogP contribution in [0.25, 0.3) is 0 Å². The van der Waals surface area contributed by atoms with Gasteiger partial charge in [-0.3, -0.25) is 9.59 Å². The molecule has 0 rings (SSSR count). The van der Waals surface area contributed by atoms with E-state index in [9.17, 15) is 9.59 Å². The zero-order chi connectivity index (χ0) is 16.1. The quantitative estimate of drug-likeness (QED) is 0.309. The van der Waals surface area contributed by atoms with Crippen molar-refractivity contribution in [2.75, 3.05) is 13.2 Å². The summed E-state index contributed by atoms with van der Waals surface area (Å²) in [5, 5.41) is -0.956. The fourth-order valence-electron chi connectivity index (χ4n) is 1.79. The Morgan fingerprint density at radius 1 is 0.857 bits per heavy atom. The second-order valence-corrected chi connectivity index (χ2v) is 5.66. The van der Waals surface area contributed by atoms with Crippen LogP contribution in [-0.4, -0.2) is 30.5 Å². The van der Waals surface area contributed by atoms with Crippen molar-refractivity contribution in [2.24, 2.45) is 5.92 Å². The van der Waals surface area contributed by atoms with E-state index >= 15 is 0 Å². The molecule has 5 heteroatoms. The topological polar surface area (TPSA) is 52.6 Å². The van der Waals surface area contributed by atoms with E-state index in [1.165, 1.54) is 0 Å². The molecule has 124 valence electrons. The number of ether oxygens (including phenoxy) is 2. The minimum absolute atomic E-state index is 0.351. The van der Waals surface area contributed by atoms with Gasteiger partial charge in [-0.15, -0.1) is 11.6 Å². The average molecular weight is 321 g/mol. The maximum atomic E-state index is 12.1. The molecule has 0 spiro atoms. The Hall–Kier alpha value is -0.770. The molecule has 0 bridgehead atoms. The van der Waals surface area contributed by atoms with Crippen molar-refractivity contribution in [1.82, 2.24) is 0 Å². The van der Waals surface area contributed by atoms with Crippen LogP contribution in [0.3, 0.4) is 0 Å². The van der Waals surface area contributed by atoms with Crippen molar-refractivity contribution in [2.45, 2.75) is 71.1 Å². The highest BCUT2D eigenvalue weighted by Crippen LogP contribution is 2.21. The Bertz CT molecular complexity index is 294. The fraction of sp³-hybridized carbons (Fsp3) is 0.875. The number of alkyl halides is 1. The molecule has 0 heterocycles. The van der Waals surface area contributed by atoms with Gasteiger partial charge in [-0.2, -0.15) is 0 Å². The van der Waals surface area contributed by atoms with E-state index in [-0.39, 0.29) is 5.97 Å². The first kappa shape index (κ1) is 20.2. The molecule has 0 aliphatic carbocycles. The monoisotopic (exact) mass is 320 g/mol. The Balaban J connectivity index is 4.48. The number of halogens is 1. The molecule has 0 aromatic heterocycles. The molecule has 0 saturated carbocycles. The molecule has 0 saturated heterocycles. The third-order valence-electron chi connectivity index (χ3n) is 3.23. The zero-order valence-corrected chi connectivity index (χ0v) is 14.3.